The zero-order valence-electron chi connectivity index (χ0n) is 8.23. The Bertz CT molecular complexity index is 195. The first-order chi connectivity index (χ1) is 6.18. The Morgan fingerprint density at radius 2 is 2.08 bits per heavy atom. The molecule has 13 heavy (non-hydrogen) atoms. The van der Waals surface area contributed by atoms with Gasteiger partial charge in [-0.1, -0.05) is 25.0 Å². The molecule has 3 nitrogen and oxygen atoms in total. The van der Waals surface area contributed by atoms with Crippen molar-refractivity contribution >= 4 is 6.03 Å². The maximum absolute atomic E-state index is 11.2. The van der Waals surface area contributed by atoms with Crippen molar-refractivity contribution in [2.45, 2.75) is 38.6 Å². The lowest BCUT2D eigenvalue weighted by atomic mass is 10.2. The molecule has 0 spiro atoms. The van der Waals surface area contributed by atoms with Crippen molar-refractivity contribution in [2.75, 3.05) is 6.54 Å². The summed E-state index contributed by atoms with van der Waals surface area (Å²) in [5, 5.41) is 5.70. The van der Waals surface area contributed by atoms with Crippen molar-refractivity contribution in [1.29, 1.82) is 0 Å². The number of amides is 2. The lowest BCUT2D eigenvalue weighted by molar-refractivity contribution is 0.238. The maximum atomic E-state index is 11.2. The standard InChI is InChI=1S/C10H18N2O/c1-8(2)7-11-10(13)12-9-5-3-4-6-9/h9H,1,3-7H2,2H3,(H2,11,12,13). The molecule has 74 valence electrons. The van der Waals surface area contributed by atoms with E-state index < -0.39 is 0 Å². The van der Waals surface area contributed by atoms with Crippen LogP contribution in [0.1, 0.15) is 32.6 Å². The van der Waals surface area contributed by atoms with Gasteiger partial charge < -0.3 is 10.6 Å². The van der Waals surface area contributed by atoms with E-state index in [0.29, 0.717) is 12.6 Å². The summed E-state index contributed by atoms with van der Waals surface area (Å²) in [6.07, 6.45) is 4.73. The van der Waals surface area contributed by atoms with Crippen LogP contribution in [0.5, 0.6) is 0 Å². The lowest BCUT2D eigenvalue weighted by Crippen LogP contribution is -2.41. The van der Waals surface area contributed by atoms with Gasteiger partial charge in [-0.25, -0.2) is 4.79 Å². The predicted molar refractivity (Wildman–Crippen MR) is 53.6 cm³/mol. The molecule has 0 aromatic carbocycles. The van der Waals surface area contributed by atoms with Crippen molar-refractivity contribution in [3.05, 3.63) is 12.2 Å². The van der Waals surface area contributed by atoms with E-state index >= 15 is 0 Å². The fraction of sp³-hybridized carbons (Fsp3) is 0.700. The monoisotopic (exact) mass is 182 g/mol. The molecule has 0 aromatic heterocycles. The molecule has 1 saturated carbocycles. The third-order valence-corrected chi connectivity index (χ3v) is 2.24. The van der Waals surface area contributed by atoms with E-state index in [1.165, 1.54) is 12.8 Å². The van der Waals surface area contributed by atoms with Gasteiger partial charge in [-0.3, -0.25) is 0 Å². The average molecular weight is 182 g/mol. The van der Waals surface area contributed by atoms with Crippen LogP contribution in [0, 0.1) is 0 Å². The molecule has 0 bridgehead atoms. The number of carbonyl (C=O) groups excluding carboxylic acids is 1. The van der Waals surface area contributed by atoms with Crippen molar-refractivity contribution in [1.82, 2.24) is 10.6 Å². The molecule has 2 N–H and O–H groups in total. The lowest BCUT2D eigenvalue weighted by Gasteiger charge is -2.12. The third-order valence-electron chi connectivity index (χ3n) is 2.24. The van der Waals surface area contributed by atoms with Crippen LogP contribution in [0.15, 0.2) is 12.2 Å². The number of nitrogens with one attached hydrogen (secondary N) is 2. The summed E-state index contributed by atoms with van der Waals surface area (Å²) in [6, 6.07) is 0.333. The van der Waals surface area contributed by atoms with Crippen LogP contribution in [-0.4, -0.2) is 18.6 Å². The van der Waals surface area contributed by atoms with Crippen LogP contribution in [0.4, 0.5) is 4.79 Å². The number of carbonyl (C=O) groups is 1. The zero-order chi connectivity index (χ0) is 9.68. The topological polar surface area (TPSA) is 41.1 Å². The largest absolute Gasteiger partial charge is 0.335 e. The van der Waals surface area contributed by atoms with E-state index in [0.717, 1.165) is 18.4 Å². The summed E-state index contributed by atoms with van der Waals surface area (Å²) in [4.78, 5) is 11.2. The average Bonchev–Trinajstić information content (AvgIpc) is 2.53. The second kappa shape index (κ2) is 4.90. The predicted octanol–water partition coefficient (Wildman–Crippen LogP) is 1.80. The van der Waals surface area contributed by atoms with Gasteiger partial charge in [-0.05, 0) is 19.8 Å². The molecule has 0 radical (unpaired) electrons. The summed E-state index contributed by atoms with van der Waals surface area (Å²) in [6.45, 7) is 6.18. The Morgan fingerprint density at radius 3 is 2.62 bits per heavy atom. The van der Waals surface area contributed by atoms with Gasteiger partial charge in [-0.2, -0.15) is 0 Å². The van der Waals surface area contributed by atoms with Crippen LogP contribution >= 0.6 is 0 Å². The quantitative estimate of drug-likeness (QED) is 0.642. The van der Waals surface area contributed by atoms with Crippen LogP contribution < -0.4 is 10.6 Å². The number of hydrogen-bond donors (Lipinski definition) is 2. The van der Waals surface area contributed by atoms with Gasteiger partial charge in [0, 0.05) is 12.6 Å². The minimum Gasteiger partial charge on any atom is -0.335 e. The van der Waals surface area contributed by atoms with Gasteiger partial charge in [0.15, 0.2) is 0 Å². The maximum Gasteiger partial charge on any atom is 0.315 e. The summed E-state index contributed by atoms with van der Waals surface area (Å²) in [5.74, 6) is 0. The Hall–Kier alpha value is -0.990. The molecule has 1 rings (SSSR count). The minimum absolute atomic E-state index is 0.0603. The molecular formula is C10H18N2O. The molecule has 1 fully saturated rings. The van der Waals surface area contributed by atoms with Gasteiger partial charge in [-0.15, -0.1) is 0 Å². The molecule has 0 saturated heterocycles. The molecule has 0 aliphatic heterocycles. The first-order valence-corrected chi connectivity index (χ1v) is 4.87. The molecule has 0 atom stereocenters. The fourth-order valence-corrected chi connectivity index (χ4v) is 1.54. The van der Waals surface area contributed by atoms with E-state index in [1.54, 1.807) is 0 Å². The van der Waals surface area contributed by atoms with Gasteiger partial charge in [0.25, 0.3) is 0 Å². The summed E-state index contributed by atoms with van der Waals surface area (Å²) >= 11 is 0. The highest BCUT2D eigenvalue weighted by molar-refractivity contribution is 5.74. The summed E-state index contributed by atoms with van der Waals surface area (Å²) < 4.78 is 0. The van der Waals surface area contributed by atoms with E-state index in [4.69, 9.17) is 0 Å². The van der Waals surface area contributed by atoms with Crippen molar-refractivity contribution < 1.29 is 4.79 Å². The van der Waals surface area contributed by atoms with Crippen molar-refractivity contribution in [3.8, 4) is 0 Å². The Labute approximate surface area is 79.6 Å². The molecule has 3 heteroatoms. The fourth-order valence-electron chi connectivity index (χ4n) is 1.54. The van der Waals surface area contributed by atoms with Gasteiger partial charge in [0.1, 0.15) is 0 Å². The second-order valence-corrected chi connectivity index (χ2v) is 3.77. The van der Waals surface area contributed by atoms with Crippen molar-refractivity contribution in [2.24, 2.45) is 0 Å². The molecule has 1 aliphatic rings. The van der Waals surface area contributed by atoms with Crippen LogP contribution in [0.2, 0.25) is 0 Å². The first kappa shape index (κ1) is 10.1. The highest BCUT2D eigenvalue weighted by atomic mass is 16.2. The molecule has 2 amide bonds. The van der Waals surface area contributed by atoms with Crippen LogP contribution in [0.25, 0.3) is 0 Å². The summed E-state index contributed by atoms with van der Waals surface area (Å²) in [7, 11) is 0. The SMILES string of the molecule is C=C(C)CNC(=O)NC1CCCC1. The third kappa shape index (κ3) is 3.97. The van der Waals surface area contributed by atoms with Gasteiger partial charge in [0.05, 0.1) is 0 Å². The Morgan fingerprint density at radius 1 is 1.46 bits per heavy atom. The van der Waals surface area contributed by atoms with E-state index in [9.17, 15) is 4.79 Å². The molecule has 1 aliphatic carbocycles. The van der Waals surface area contributed by atoms with Crippen LogP contribution in [-0.2, 0) is 0 Å². The molecule has 0 unspecified atom stereocenters. The zero-order valence-corrected chi connectivity index (χ0v) is 8.23. The van der Waals surface area contributed by atoms with Gasteiger partial charge >= 0.3 is 6.03 Å². The number of hydrogen-bond acceptors (Lipinski definition) is 1. The number of rotatable bonds is 3. The molecular weight excluding hydrogens is 164 g/mol. The first-order valence-electron chi connectivity index (χ1n) is 4.87. The van der Waals surface area contributed by atoms with E-state index in [-0.39, 0.29) is 6.03 Å². The molecule has 0 aromatic rings. The number of urea groups is 1. The summed E-state index contributed by atoms with van der Waals surface area (Å²) in [5.41, 5.74) is 0.974. The highest BCUT2D eigenvalue weighted by Gasteiger charge is 2.16. The second-order valence-electron chi connectivity index (χ2n) is 3.77. The minimum atomic E-state index is -0.0603. The van der Waals surface area contributed by atoms with Crippen LogP contribution in [0.3, 0.4) is 0 Å². The van der Waals surface area contributed by atoms with Gasteiger partial charge in [0.2, 0.25) is 0 Å². The highest BCUT2D eigenvalue weighted by Crippen LogP contribution is 2.17. The smallest absolute Gasteiger partial charge is 0.315 e. The normalized spacial score (nSPS) is 17.0. The molecule has 0 heterocycles. The Kier molecular flexibility index (Phi) is 3.80. The van der Waals surface area contributed by atoms with E-state index in [1.807, 2.05) is 6.92 Å². The van der Waals surface area contributed by atoms with E-state index in [2.05, 4.69) is 17.2 Å². The van der Waals surface area contributed by atoms with Crippen molar-refractivity contribution in [3.63, 3.8) is 0 Å². The Balaban J connectivity index is 2.13.